The molecule has 162 valence electrons. The molecule has 1 aliphatic rings. The Balaban J connectivity index is 1.75. The van der Waals surface area contributed by atoms with Crippen LogP contribution in [0.3, 0.4) is 0 Å². The summed E-state index contributed by atoms with van der Waals surface area (Å²) < 4.78 is 0. The molecule has 0 aromatic heterocycles. The standard InChI is InChI=1S/C20H15N5O6S/c21-10-17-16(12-2-1-3-15(8-12)25(30)31)9-18(26)23-20(17)32-11-19(27)22-13-4-6-14(7-5-13)24(28)29/h1-8,16H,9,11H2,(H,22,27)(H,23,26)/t16-/m1/s1. The Morgan fingerprint density at radius 2 is 1.84 bits per heavy atom. The first-order chi connectivity index (χ1) is 15.3. The fourth-order valence-electron chi connectivity index (χ4n) is 3.07. The number of anilines is 1. The average molecular weight is 453 g/mol. The first-order valence-corrected chi connectivity index (χ1v) is 10.1. The second-order valence-corrected chi connectivity index (χ2v) is 7.64. The summed E-state index contributed by atoms with van der Waals surface area (Å²) in [5, 5.41) is 36.8. The SMILES string of the molecule is N#CC1=C(SCC(=O)Nc2ccc([N+](=O)[O-])cc2)NC(=O)C[C@@H]1c1cccc([N+](=O)[O-])c1. The molecule has 3 rings (SSSR count). The van der Waals surface area contributed by atoms with E-state index in [1.165, 1.54) is 42.5 Å². The molecule has 0 saturated heterocycles. The van der Waals surface area contributed by atoms with Gasteiger partial charge in [-0.1, -0.05) is 23.9 Å². The van der Waals surface area contributed by atoms with Crippen LogP contribution in [0, 0.1) is 31.6 Å². The zero-order valence-corrected chi connectivity index (χ0v) is 17.1. The maximum atomic E-state index is 12.3. The van der Waals surface area contributed by atoms with Gasteiger partial charge in [-0.2, -0.15) is 5.26 Å². The maximum absolute atomic E-state index is 12.3. The Morgan fingerprint density at radius 1 is 1.16 bits per heavy atom. The van der Waals surface area contributed by atoms with E-state index in [1.807, 2.05) is 6.07 Å². The summed E-state index contributed by atoms with van der Waals surface area (Å²) in [7, 11) is 0. The molecule has 0 bridgehead atoms. The van der Waals surface area contributed by atoms with Crippen LogP contribution in [0.1, 0.15) is 17.9 Å². The molecule has 0 unspecified atom stereocenters. The minimum Gasteiger partial charge on any atom is -0.325 e. The molecule has 0 aliphatic carbocycles. The molecule has 2 N–H and O–H groups in total. The van der Waals surface area contributed by atoms with Gasteiger partial charge in [0.25, 0.3) is 11.4 Å². The number of nitro benzene ring substituents is 2. The number of rotatable bonds is 7. The highest BCUT2D eigenvalue weighted by atomic mass is 32.2. The van der Waals surface area contributed by atoms with Crippen LogP contribution in [0.5, 0.6) is 0 Å². The number of nitriles is 1. The summed E-state index contributed by atoms with van der Waals surface area (Å²) in [6, 6.07) is 13.1. The molecule has 32 heavy (non-hydrogen) atoms. The lowest BCUT2D eigenvalue weighted by Crippen LogP contribution is -2.31. The Labute approximate surface area is 185 Å². The van der Waals surface area contributed by atoms with Gasteiger partial charge in [0, 0.05) is 42.3 Å². The fourth-order valence-corrected chi connectivity index (χ4v) is 3.95. The smallest absolute Gasteiger partial charge is 0.269 e. The number of carbonyl (C=O) groups is 2. The summed E-state index contributed by atoms with van der Waals surface area (Å²) in [5.74, 6) is -1.63. The topological polar surface area (TPSA) is 168 Å². The second-order valence-electron chi connectivity index (χ2n) is 6.65. The molecule has 0 spiro atoms. The Bertz CT molecular complexity index is 1170. The van der Waals surface area contributed by atoms with E-state index < -0.39 is 21.7 Å². The quantitative estimate of drug-likeness (QED) is 0.476. The summed E-state index contributed by atoms with van der Waals surface area (Å²) in [5.41, 5.74) is 0.760. The summed E-state index contributed by atoms with van der Waals surface area (Å²) >= 11 is 0.949. The molecular weight excluding hydrogens is 438 g/mol. The minimum atomic E-state index is -0.672. The zero-order chi connectivity index (χ0) is 23.3. The van der Waals surface area contributed by atoms with Crippen LogP contribution in [0.4, 0.5) is 17.1 Å². The molecule has 2 aromatic carbocycles. The third-order valence-corrected chi connectivity index (χ3v) is 5.57. The predicted octanol–water partition coefficient (Wildman–Crippen LogP) is 3.21. The number of thioether (sulfide) groups is 1. The van der Waals surface area contributed by atoms with Crippen molar-refractivity contribution in [3.05, 3.63) is 84.9 Å². The second kappa shape index (κ2) is 9.71. The first kappa shape index (κ1) is 22.4. The third kappa shape index (κ3) is 5.27. The number of benzene rings is 2. The van der Waals surface area contributed by atoms with Crippen molar-refractivity contribution in [2.24, 2.45) is 0 Å². The molecule has 1 aliphatic heterocycles. The molecule has 0 saturated carbocycles. The van der Waals surface area contributed by atoms with E-state index >= 15 is 0 Å². The van der Waals surface area contributed by atoms with Crippen molar-refractivity contribution >= 4 is 40.6 Å². The van der Waals surface area contributed by atoms with Gasteiger partial charge in [-0.3, -0.25) is 29.8 Å². The van der Waals surface area contributed by atoms with Gasteiger partial charge in [0.05, 0.1) is 32.3 Å². The highest BCUT2D eigenvalue weighted by molar-refractivity contribution is 8.03. The monoisotopic (exact) mass is 453 g/mol. The van der Waals surface area contributed by atoms with Crippen molar-refractivity contribution < 1.29 is 19.4 Å². The summed E-state index contributed by atoms with van der Waals surface area (Å²) in [6.45, 7) is 0. The highest BCUT2D eigenvalue weighted by Crippen LogP contribution is 2.36. The fraction of sp³-hybridized carbons (Fsp3) is 0.150. The van der Waals surface area contributed by atoms with Crippen molar-refractivity contribution in [2.45, 2.75) is 12.3 Å². The minimum absolute atomic E-state index is 0.0525. The van der Waals surface area contributed by atoms with Crippen LogP contribution < -0.4 is 10.6 Å². The van der Waals surface area contributed by atoms with Crippen molar-refractivity contribution in [1.82, 2.24) is 5.32 Å². The summed E-state index contributed by atoms with van der Waals surface area (Å²) in [4.78, 5) is 45.1. The van der Waals surface area contributed by atoms with Gasteiger partial charge in [0.1, 0.15) is 0 Å². The van der Waals surface area contributed by atoms with E-state index in [1.54, 1.807) is 6.07 Å². The molecule has 2 aromatic rings. The van der Waals surface area contributed by atoms with Crippen LogP contribution in [0.2, 0.25) is 0 Å². The predicted molar refractivity (Wildman–Crippen MR) is 115 cm³/mol. The molecule has 0 fully saturated rings. The number of non-ortho nitro benzene ring substituents is 2. The number of carbonyl (C=O) groups excluding carboxylic acids is 2. The lowest BCUT2D eigenvalue weighted by molar-refractivity contribution is -0.385. The number of amides is 2. The van der Waals surface area contributed by atoms with Crippen molar-refractivity contribution in [3.63, 3.8) is 0 Å². The summed E-state index contributed by atoms with van der Waals surface area (Å²) in [6.07, 6.45) is -0.0525. The lowest BCUT2D eigenvalue weighted by atomic mass is 9.87. The van der Waals surface area contributed by atoms with Gasteiger partial charge >= 0.3 is 0 Å². The van der Waals surface area contributed by atoms with Gasteiger partial charge < -0.3 is 10.6 Å². The van der Waals surface area contributed by atoms with Crippen LogP contribution in [0.15, 0.2) is 59.1 Å². The lowest BCUT2D eigenvalue weighted by Gasteiger charge is -2.24. The van der Waals surface area contributed by atoms with Gasteiger partial charge in [0.15, 0.2) is 0 Å². The zero-order valence-electron chi connectivity index (χ0n) is 16.3. The number of nitrogens with zero attached hydrogens (tertiary/aromatic N) is 3. The molecule has 11 nitrogen and oxygen atoms in total. The van der Waals surface area contributed by atoms with E-state index in [0.29, 0.717) is 11.3 Å². The van der Waals surface area contributed by atoms with Crippen molar-refractivity contribution in [2.75, 3.05) is 11.1 Å². The number of nitro groups is 2. The van der Waals surface area contributed by atoms with Gasteiger partial charge in [-0.25, -0.2) is 0 Å². The Morgan fingerprint density at radius 3 is 2.47 bits per heavy atom. The number of allylic oxidation sites excluding steroid dienone is 1. The van der Waals surface area contributed by atoms with Crippen molar-refractivity contribution in [3.8, 4) is 6.07 Å². The van der Waals surface area contributed by atoms with Crippen LogP contribution in [-0.4, -0.2) is 27.4 Å². The van der Waals surface area contributed by atoms with Crippen molar-refractivity contribution in [1.29, 1.82) is 5.26 Å². The number of hydrogen-bond acceptors (Lipinski definition) is 8. The van der Waals surface area contributed by atoms with Crippen LogP contribution in [-0.2, 0) is 9.59 Å². The number of nitrogens with one attached hydrogen (secondary N) is 2. The normalized spacial score (nSPS) is 15.5. The van der Waals surface area contributed by atoms with Crippen LogP contribution in [0.25, 0.3) is 0 Å². The van der Waals surface area contributed by atoms with E-state index in [0.717, 1.165) is 11.8 Å². The van der Waals surface area contributed by atoms with E-state index in [2.05, 4.69) is 10.6 Å². The highest BCUT2D eigenvalue weighted by Gasteiger charge is 2.30. The van der Waals surface area contributed by atoms with E-state index in [9.17, 15) is 35.1 Å². The van der Waals surface area contributed by atoms with E-state index in [-0.39, 0.29) is 40.1 Å². The molecule has 2 amide bonds. The maximum Gasteiger partial charge on any atom is 0.269 e. The molecule has 12 heteroatoms. The van der Waals surface area contributed by atoms with Gasteiger partial charge in [-0.05, 0) is 17.7 Å². The first-order valence-electron chi connectivity index (χ1n) is 9.14. The van der Waals surface area contributed by atoms with Gasteiger partial charge in [0.2, 0.25) is 11.8 Å². The molecular formula is C20H15N5O6S. The molecule has 0 radical (unpaired) electrons. The van der Waals surface area contributed by atoms with E-state index in [4.69, 9.17) is 0 Å². The molecule has 1 heterocycles. The Hall–Kier alpha value is -4.24. The Kier molecular flexibility index (Phi) is 6.81. The largest absolute Gasteiger partial charge is 0.325 e. The number of hydrogen-bond donors (Lipinski definition) is 2. The van der Waals surface area contributed by atoms with Crippen LogP contribution >= 0.6 is 11.8 Å². The van der Waals surface area contributed by atoms with Gasteiger partial charge in [-0.15, -0.1) is 0 Å². The average Bonchev–Trinajstić information content (AvgIpc) is 2.77. The third-order valence-electron chi connectivity index (χ3n) is 4.55. The molecule has 1 atom stereocenters.